The van der Waals surface area contributed by atoms with Crippen molar-refractivity contribution in [1.82, 2.24) is 4.90 Å². The third-order valence-electron chi connectivity index (χ3n) is 5.13. The number of rotatable bonds is 2. The van der Waals surface area contributed by atoms with Gasteiger partial charge in [-0.2, -0.15) is 0 Å². The van der Waals surface area contributed by atoms with Gasteiger partial charge in [-0.25, -0.2) is 8.78 Å². The molecule has 0 N–H and O–H groups in total. The standard InChI is InChI=1S/C21H20F2N2O3/c22-15-9-8-14(12-16(15)23)20(26)25-13-19(21(27)24-10-4-1-5-11-24)28-18-7-3-2-6-17(18)25/h2-3,6-9,12,19H,1,4-5,10-11,13H2/t19-/m0/s1. The summed E-state index contributed by atoms with van der Waals surface area (Å²) < 4.78 is 32.8. The van der Waals surface area contributed by atoms with E-state index in [1.165, 1.54) is 11.0 Å². The van der Waals surface area contributed by atoms with Crippen LogP contribution >= 0.6 is 0 Å². The normalized spacial score (nSPS) is 19.0. The van der Waals surface area contributed by atoms with E-state index >= 15 is 0 Å². The number of likely N-dealkylation sites (tertiary alicyclic amines) is 1. The average molecular weight is 386 g/mol. The van der Waals surface area contributed by atoms with Crippen molar-refractivity contribution in [1.29, 1.82) is 0 Å². The van der Waals surface area contributed by atoms with Crippen LogP contribution in [0.1, 0.15) is 29.6 Å². The van der Waals surface area contributed by atoms with Crippen LogP contribution < -0.4 is 9.64 Å². The summed E-state index contributed by atoms with van der Waals surface area (Å²) in [6, 6.07) is 9.93. The quantitative estimate of drug-likeness (QED) is 0.795. The molecule has 0 saturated carbocycles. The first-order valence-corrected chi connectivity index (χ1v) is 9.36. The molecule has 2 aliphatic heterocycles. The first kappa shape index (κ1) is 18.4. The number of carbonyl (C=O) groups is 2. The van der Waals surface area contributed by atoms with Crippen LogP contribution in [0, 0.1) is 11.6 Å². The van der Waals surface area contributed by atoms with Gasteiger partial charge in [0.05, 0.1) is 12.2 Å². The Morgan fingerprint density at radius 1 is 0.964 bits per heavy atom. The second-order valence-electron chi connectivity index (χ2n) is 7.00. The van der Waals surface area contributed by atoms with Crippen LogP contribution in [-0.2, 0) is 4.79 Å². The minimum absolute atomic E-state index is 0.0137. The third kappa shape index (κ3) is 3.44. The van der Waals surface area contributed by atoms with Crippen LogP contribution in [0.15, 0.2) is 42.5 Å². The predicted molar refractivity (Wildman–Crippen MR) is 99.3 cm³/mol. The van der Waals surface area contributed by atoms with E-state index in [9.17, 15) is 18.4 Å². The molecule has 2 aliphatic rings. The molecule has 0 aliphatic carbocycles. The van der Waals surface area contributed by atoms with Crippen molar-refractivity contribution in [3.05, 3.63) is 59.7 Å². The zero-order valence-corrected chi connectivity index (χ0v) is 15.2. The van der Waals surface area contributed by atoms with Gasteiger partial charge in [-0.3, -0.25) is 9.59 Å². The topological polar surface area (TPSA) is 49.9 Å². The Labute approximate surface area is 161 Å². The van der Waals surface area contributed by atoms with Gasteiger partial charge in [0, 0.05) is 18.7 Å². The lowest BCUT2D eigenvalue weighted by atomic mass is 10.1. The number of nitrogens with zero attached hydrogens (tertiary/aromatic N) is 2. The number of ether oxygens (including phenoxy) is 1. The molecule has 28 heavy (non-hydrogen) atoms. The maximum atomic E-state index is 13.6. The molecular formula is C21H20F2N2O3. The van der Waals surface area contributed by atoms with Gasteiger partial charge in [-0.05, 0) is 49.6 Å². The lowest BCUT2D eigenvalue weighted by molar-refractivity contribution is -0.139. The molecule has 146 valence electrons. The molecule has 0 bridgehead atoms. The van der Waals surface area contributed by atoms with E-state index in [4.69, 9.17) is 4.74 Å². The van der Waals surface area contributed by atoms with Gasteiger partial charge in [0.2, 0.25) is 0 Å². The number of amides is 2. The summed E-state index contributed by atoms with van der Waals surface area (Å²) in [6.07, 6.45) is 2.17. The Hall–Kier alpha value is -2.96. The summed E-state index contributed by atoms with van der Waals surface area (Å²) in [7, 11) is 0. The van der Waals surface area contributed by atoms with Crippen molar-refractivity contribution in [3.63, 3.8) is 0 Å². The largest absolute Gasteiger partial charge is 0.476 e. The number of hydrogen-bond donors (Lipinski definition) is 0. The fourth-order valence-electron chi connectivity index (χ4n) is 3.66. The number of halogens is 2. The van der Waals surface area contributed by atoms with Gasteiger partial charge in [-0.15, -0.1) is 0 Å². The number of para-hydroxylation sites is 2. The third-order valence-corrected chi connectivity index (χ3v) is 5.13. The predicted octanol–water partition coefficient (Wildman–Crippen LogP) is 3.39. The van der Waals surface area contributed by atoms with Crippen LogP contribution in [0.2, 0.25) is 0 Å². The number of piperidine rings is 1. The minimum atomic E-state index is -1.09. The first-order chi connectivity index (χ1) is 13.5. The Bertz CT molecular complexity index is 912. The molecule has 1 saturated heterocycles. The highest BCUT2D eigenvalue weighted by atomic mass is 19.2. The molecule has 1 fully saturated rings. The molecule has 0 radical (unpaired) electrons. The smallest absolute Gasteiger partial charge is 0.265 e. The van der Waals surface area contributed by atoms with Gasteiger partial charge in [0.1, 0.15) is 5.75 Å². The Morgan fingerprint density at radius 2 is 1.71 bits per heavy atom. The zero-order valence-electron chi connectivity index (χ0n) is 15.2. The van der Waals surface area contributed by atoms with Crippen molar-refractivity contribution >= 4 is 17.5 Å². The van der Waals surface area contributed by atoms with Gasteiger partial charge < -0.3 is 14.5 Å². The van der Waals surface area contributed by atoms with E-state index in [2.05, 4.69) is 0 Å². The second-order valence-corrected chi connectivity index (χ2v) is 7.00. The number of fused-ring (bicyclic) bond motifs is 1. The Balaban J connectivity index is 1.64. The molecule has 7 heteroatoms. The summed E-state index contributed by atoms with van der Waals surface area (Å²) in [6.45, 7) is 1.37. The van der Waals surface area contributed by atoms with Crippen molar-refractivity contribution in [2.75, 3.05) is 24.5 Å². The van der Waals surface area contributed by atoms with Gasteiger partial charge in [0.25, 0.3) is 11.8 Å². The summed E-state index contributed by atoms with van der Waals surface area (Å²) in [4.78, 5) is 29.1. The number of benzene rings is 2. The SMILES string of the molecule is O=C([C@@H]1CN(C(=O)c2ccc(F)c(F)c2)c2ccccc2O1)N1CCCCC1. The molecular weight excluding hydrogens is 366 g/mol. The number of hydrogen-bond acceptors (Lipinski definition) is 3. The molecule has 4 rings (SSSR count). The average Bonchev–Trinajstić information content (AvgIpc) is 2.74. The summed E-state index contributed by atoms with van der Waals surface area (Å²) in [5.74, 6) is -2.35. The van der Waals surface area contributed by atoms with Crippen LogP contribution in [0.4, 0.5) is 14.5 Å². The van der Waals surface area contributed by atoms with Gasteiger partial charge in [0.15, 0.2) is 17.7 Å². The monoisotopic (exact) mass is 386 g/mol. The van der Waals surface area contributed by atoms with Gasteiger partial charge in [-0.1, -0.05) is 12.1 Å². The van der Waals surface area contributed by atoms with Crippen LogP contribution in [0.25, 0.3) is 0 Å². The van der Waals surface area contributed by atoms with E-state index in [0.717, 1.165) is 31.4 Å². The summed E-state index contributed by atoms with van der Waals surface area (Å²) in [5, 5.41) is 0. The van der Waals surface area contributed by atoms with Crippen LogP contribution in [0.5, 0.6) is 5.75 Å². The van der Waals surface area contributed by atoms with Crippen molar-refractivity contribution < 1.29 is 23.1 Å². The Kier molecular flexibility index (Phi) is 4.98. The highest BCUT2D eigenvalue weighted by Crippen LogP contribution is 2.34. The molecule has 0 spiro atoms. The fraction of sp³-hybridized carbons (Fsp3) is 0.333. The van der Waals surface area contributed by atoms with E-state index in [-0.39, 0.29) is 18.0 Å². The van der Waals surface area contributed by atoms with E-state index in [0.29, 0.717) is 24.5 Å². The lowest BCUT2D eigenvalue weighted by Crippen LogP contribution is -2.52. The molecule has 0 aromatic heterocycles. The molecule has 5 nitrogen and oxygen atoms in total. The maximum absolute atomic E-state index is 13.6. The molecule has 2 heterocycles. The minimum Gasteiger partial charge on any atom is -0.476 e. The van der Waals surface area contributed by atoms with E-state index in [1.807, 2.05) is 0 Å². The fourth-order valence-corrected chi connectivity index (χ4v) is 3.66. The zero-order chi connectivity index (χ0) is 19.7. The van der Waals surface area contributed by atoms with E-state index < -0.39 is 23.6 Å². The maximum Gasteiger partial charge on any atom is 0.265 e. The highest BCUT2D eigenvalue weighted by Gasteiger charge is 2.36. The van der Waals surface area contributed by atoms with Crippen molar-refractivity contribution in [2.24, 2.45) is 0 Å². The molecule has 2 aromatic carbocycles. The number of anilines is 1. The van der Waals surface area contributed by atoms with Crippen molar-refractivity contribution in [2.45, 2.75) is 25.4 Å². The Morgan fingerprint density at radius 3 is 2.46 bits per heavy atom. The summed E-state index contributed by atoms with van der Waals surface area (Å²) in [5.41, 5.74) is 0.514. The van der Waals surface area contributed by atoms with Crippen LogP contribution in [0.3, 0.4) is 0 Å². The van der Waals surface area contributed by atoms with Crippen molar-refractivity contribution in [3.8, 4) is 5.75 Å². The highest BCUT2D eigenvalue weighted by molar-refractivity contribution is 6.07. The molecule has 0 unspecified atom stereocenters. The first-order valence-electron chi connectivity index (χ1n) is 9.36. The lowest BCUT2D eigenvalue weighted by Gasteiger charge is -2.37. The van der Waals surface area contributed by atoms with Crippen LogP contribution in [-0.4, -0.2) is 42.5 Å². The second kappa shape index (κ2) is 7.58. The molecule has 2 amide bonds. The van der Waals surface area contributed by atoms with Gasteiger partial charge >= 0.3 is 0 Å². The molecule has 2 aromatic rings. The summed E-state index contributed by atoms with van der Waals surface area (Å²) >= 11 is 0. The molecule has 1 atom stereocenters. The van der Waals surface area contributed by atoms with E-state index in [1.54, 1.807) is 29.2 Å². The number of carbonyl (C=O) groups excluding carboxylic acids is 2.